The van der Waals surface area contributed by atoms with Gasteiger partial charge in [0, 0.05) is 47.8 Å². The number of ether oxygens (including phenoxy) is 1. The van der Waals surface area contributed by atoms with E-state index in [0.717, 1.165) is 60.0 Å². The minimum atomic E-state index is -0.101. The molecule has 8 heteroatoms. The number of hydrogen-bond donors (Lipinski definition) is 1. The monoisotopic (exact) mass is 459 g/mol. The normalized spacial score (nSPS) is 13.8. The Bertz CT molecular complexity index is 1240. The fourth-order valence-electron chi connectivity index (χ4n) is 3.94. The van der Waals surface area contributed by atoms with Crippen LogP contribution in [-0.2, 0) is 9.53 Å². The summed E-state index contributed by atoms with van der Waals surface area (Å²) in [4.78, 5) is 26.5. The number of nitrogens with one attached hydrogen (secondary N) is 1. The highest BCUT2D eigenvalue weighted by atomic mass is 32.1. The molecule has 0 saturated carbocycles. The van der Waals surface area contributed by atoms with Gasteiger partial charge in [-0.3, -0.25) is 4.79 Å². The van der Waals surface area contributed by atoms with Crippen LogP contribution in [-0.4, -0.2) is 55.8 Å². The Hall–Kier alpha value is -3.49. The zero-order chi connectivity index (χ0) is 22.6. The number of amides is 1. The van der Waals surface area contributed by atoms with Crippen LogP contribution >= 0.6 is 11.3 Å². The lowest BCUT2D eigenvalue weighted by Gasteiger charge is -2.29. The van der Waals surface area contributed by atoms with E-state index >= 15 is 0 Å². The largest absolute Gasteiger partial charge is 0.378 e. The van der Waals surface area contributed by atoms with Crippen LogP contribution < -0.4 is 15.1 Å². The molecule has 5 rings (SSSR count). The van der Waals surface area contributed by atoms with Gasteiger partial charge in [-0.15, -0.1) is 0 Å². The van der Waals surface area contributed by atoms with Crippen LogP contribution in [0.4, 0.5) is 17.2 Å². The number of thiophene rings is 1. The molecule has 3 heterocycles. The fourth-order valence-corrected chi connectivity index (χ4v) is 4.57. The Kier molecular flexibility index (Phi) is 6.19. The quantitative estimate of drug-likeness (QED) is 0.464. The summed E-state index contributed by atoms with van der Waals surface area (Å²) >= 11 is 1.61. The molecule has 2 aromatic carbocycles. The number of rotatable bonds is 6. The van der Waals surface area contributed by atoms with Crippen LogP contribution in [0.15, 0.2) is 65.4 Å². The minimum absolute atomic E-state index is 0.101. The van der Waals surface area contributed by atoms with Crippen molar-refractivity contribution in [3.8, 4) is 11.4 Å². The van der Waals surface area contributed by atoms with E-state index in [2.05, 4.69) is 10.2 Å². The number of nitrogens with zero attached hydrogens (tertiary/aromatic N) is 4. The van der Waals surface area contributed by atoms with Gasteiger partial charge in [0.05, 0.1) is 25.3 Å². The maximum absolute atomic E-state index is 12.8. The smallest absolute Gasteiger partial charge is 0.243 e. The van der Waals surface area contributed by atoms with Gasteiger partial charge in [-0.25, -0.2) is 9.97 Å². The van der Waals surface area contributed by atoms with E-state index in [0.29, 0.717) is 5.82 Å². The van der Waals surface area contributed by atoms with Crippen LogP contribution in [0.25, 0.3) is 22.3 Å². The van der Waals surface area contributed by atoms with Crippen molar-refractivity contribution in [3.63, 3.8) is 0 Å². The minimum Gasteiger partial charge on any atom is -0.378 e. The van der Waals surface area contributed by atoms with Crippen molar-refractivity contribution in [2.24, 2.45) is 0 Å². The van der Waals surface area contributed by atoms with Crippen LogP contribution in [0.2, 0.25) is 0 Å². The topological polar surface area (TPSA) is 70.6 Å². The first-order chi connectivity index (χ1) is 16.2. The molecular formula is C25H25N5O2S. The lowest BCUT2D eigenvalue weighted by atomic mass is 10.2. The molecule has 4 aromatic rings. The van der Waals surface area contributed by atoms with E-state index < -0.39 is 0 Å². The summed E-state index contributed by atoms with van der Waals surface area (Å²) in [7, 11) is 1.88. The average molecular weight is 460 g/mol. The first-order valence-corrected chi connectivity index (χ1v) is 11.8. The molecule has 0 radical (unpaired) electrons. The van der Waals surface area contributed by atoms with E-state index in [1.54, 1.807) is 11.3 Å². The highest BCUT2D eigenvalue weighted by Crippen LogP contribution is 2.28. The molecule has 0 spiro atoms. The van der Waals surface area contributed by atoms with Gasteiger partial charge >= 0.3 is 0 Å². The van der Waals surface area contributed by atoms with Crippen molar-refractivity contribution >= 4 is 45.3 Å². The summed E-state index contributed by atoms with van der Waals surface area (Å²) in [5.41, 5.74) is 3.75. The highest BCUT2D eigenvalue weighted by Gasteiger charge is 2.16. The molecule has 1 saturated heterocycles. The van der Waals surface area contributed by atoms with Gasteiger partial charge in [-0.05, 0) is 47.8 Å². The Balaban J connectivity index is 1.31. The van der Waals surface area contributed by atoms with E-state index in [-0.39, 0.29) is 12.5 Å². The van der Waals surface area contributed by atoms with Crippen LogP contribution in [0.3, 0.4) is 0 Å². The van der Waals surface area contributed by atoms with Gasteiger partial charge in [0.1, 0.15) is 5.82 Å². The van der Waals surface area contributed by atoms with Crippen molar-refractivity contribution < 1.29 is 9.53 Å². The van der Waals surface area contributed by atoms with Crippen molar-refractivity contribution in [2.45, 2.75) is 0 Å². The van der Waals surface area contributed by atoms with E-state index in [1.807, 2.05) is 77.3 Å². The molecule has 0 aliphatic carbocycles. The van der Waals surface area contributed by atoms with Gasteiger partial charge in [0.15, 0.2) is 5.82 Å². The molecule has 0 unspecified atom stereocenters. The van der Waals surface area contributed by atoms with Gasteiger partial charge < -0.3 is 19.9 Å². The molecular weight excluding hydrogens is 434 g/mol. The van der Waals surface area contributed by atoms with Crippen LogP contribution in [0, 0.1) is 0 Å². The molecule has 1 aliphatic rings. The summed E-state index contributed by atoms with van der Waals surface area (Å²) in [6.45, 7) is 3.44. The Morgan fingerprint density at radius 2 is 1.88 bits per heavy atom. The Morgan fingerprint density at radius 1 is 1.09 bits per heavy atom. The second-order valence-corrected chi connectivity index (χ2v) is 8.73. The summed E-state index contributed by atoms with van der Waals surface area (Å²) in [6.07, 6.45) is 0. The predicted octanol–water partition coefficient (Wildman–Crippen LogP) is 4.27. The number of morpholine rings is 1. The van der Waals surface area contributed by atoms with Crippen molar-refractivity contribution in [1.82, 2.24) is 9.97 Å². The molecule has 2 aromatic heterocycles. The number of fused-ring (bicyclic) bond motifs is 1. The third kappa shape index (κ3) is 4.81. The molecule has 1 aliphatic heterocycles. The first-order valence-electron chi connectivity index (χ1n) is 10.9. The number of carbonyl (C=O) groups excluding carboxylic acids is 1. The maximum atomic E-state index is 12.8. The summed E-state index contributed by atoms with van der Waals surface area (Å²) in [6, 6.07) is 17.8. The van der Waals surface area contributed by atoms with E-state index in [9.17, 15) is 4.79 Å². The number of anilines is 3. The second-order valence-electron chi connectivity index (χ2n) is 7.95. The molecule has 1 N–H and O–H groups in total. The molecule has 168 valence electrons. The number of aromatic nitrogens is 2. The zero-order valence-electron chi connectivity index (χ0n) is 18.4. The molecule has 1 fully saturated rings. The van der Waals surface area contributed by atoms with Gasteiger partial charge in [0.25, 0.3) is 0 Å². The third-order valence-electron chi connectivity index (χ3n) is 5.63. The summed E-state index contributed by atoms with van der Waals surface area (Å²) in [5.74, 6) is 1.30. The Morgan fingerprint density at radius 3 is 2.64 bits per heavy atom. The average Bonchev–Trinajstić information content (AvgIpc) is 3.39. The number of carbonyl (C=O) groups is 1. The maximum Gasteiger partial charge on any atom is 0.243 e. The van der Waals surface area contributed by atoms with Gasteiger partial charge in [-0.2, -0.15) is 11.3 Å². The molecule has 7 nitrogen and oxygen atoms in total. The molecule has 33 heavy (non-hydrogen) atoms. The SMILES string of the molecule is CN(CC(=O)Nc1ccc(N2CCOCC2)cc1)c1nc(-c2ccsc2)nc2ccccc12. The zero-order valence-corrected chi connectivity index (χ0v) is 19.2. The standard InChI is InChI=1S/C25H25N5O2S/c1-29(16-23(31)26-19-6-8-20(9-7-19)30-11-13-32-14-12-30)25-21-4-2-3-5-22(21)27-24(28-25)18-10-15-33-17-18/h2-10,15,17H,11-14,16H2,1H3,(H,26,31). The van der Waals surface area contributed by atoms with Crippen LogP contribution in [0.5, 0.6) is 0 Å². The lowest BCUT2D eigenvalue weighted by Crippen LogP contribution is -2.36. The summed E-state index contributed by atoms with van der Waals surface area (Å²) < 4.78 is 5.41. The highest BCUT2D eigenvalue weighted by molar-refractivity contribution is 7.08. The van der Waals surface area contributed by atoms with Crippen molar-refractivity contribution in [2.75, 3.05) is 55.0 Å². The predicted molar refractivity (Wildman–Crippen MR) is 134 cm³/mol. The van der Waals surface area contributed by atoms with Crippen LogP contribution in [0.1, 0.15) is 0 Å². The van der Waals surface area contributed by atoms with Crippen molar-refractivity contribution in [1.29, 1.82) is 0 Å². The number of para-hydroxylation sites is 1. The number of hydrogen-bond acceptors (Lipinski definition) is 7. The fraction of sp³-hybridized carbons (Fsp3) is 0.240. The summed E-state index contributed by atoms with van der Waals surface area (Å²) in [5, 5.41) is 7.95. The molecule has 0 bridgehead atoms. The van der Waals surface area contributed by atoms with E-state index in [4.69, 9.17) is 14.7 Å². The van der Waals surface area contributed by atoms with Crippen molar-refractivity contribution in [3.05, 3.63) is 65.4 Å². The molecule has 1 amide bonds. The Labute approximate surface area is 196 Å². The lowest BCUT2D eigenvalue weighted by molar-refractivity contribution is -0.114. The number of benzene rings is 2. The van der Waals surface area contributed by atoms with E-state index in [1.165, 1.54) is 0 Å². The first kappa shape index (κ1) is 21.4. The van der Waals surface area contributed by atoms with Gasteiger partial charge in [-0.1, -0.05) is 12.1 Å². The molecule has 0 atom stereocenters. The third-order valence-corrected chi connectivity index (χ3v) is 6.32. The second kappa shape index (κ2) is 9.56. The number of likely N-dealkylation sites (N-methyl/N-ethyl adjacent to an activating group) is 1. The van der Waals surface area contributed by atoms with Gasteiger partial charge in [0.2, 0.25) is 5.91 Å².